The van der Waals surface area contributed by atoms with Crippen LogP contribution in [0.1, 0.15) is 37.7 Å². The molecule has 21 heavy (non-hydrogen) atoms. The topological polar surface area (TPSA) is 70.0 Å². The van der Waals surface area contributed by atoms with Crippen molar-refractivity contribution in [3.8, 4) is 6.07 Å². The lowest BCUT2D eigenvalue weighted by Gasteiger charge is -2.26. The van der Waals surface area contributed by atoms with E-state index >= 15 is 0 Å². The molecular formula is C15H19FN2O2S. The second kappa shape index (κ2) is 7.01. The molecule has 1 aliphatic rings. The number of nitriles is 1. The first-order valence-electron chi connectivity index (χ1n) is 7.14. The first-order valence-corrected chi connectivity index (χ1v) is 8.79. The molecule has 1 aromatic carbocycles. The molecule has 1 fully saturated rings. The maximum atomic E-state index is 13.1. The zero-order valence-corrected chi connectivity index (χ0v) is 12.6. The highest BCUT2D eigenvalue weighted by molar-refractivity contribution is 7.88. The van der Waals surface area contributed by atoms with Crippen LogP contribution in [-0.4, -0.2) is 14.5 Å². The zero-order valence-electron chi connectivity index (χ0n) is 11.8. The summed E-state index contributed by atoms with van der Waals surface area (Å²) in [6.07, 6.45) is 4.97. The highest BCUT2D eigenvalue weighted by Gasteiger charge is 2.27. The summed E-state index contributed by atoms with van der Waals surface area (Å²) in [6, 6.07) is 6.87. The standard InChI is InChI=1S/C15H19FN2O2S/c16-14-8-4-5-12(9-14)11-21(19,20)18-15(10-17)13-6-2-1-3-7-13/h4-5,8-9,13,15,18H,1-3,6-7,11H2. The molecule has 0 bridgehead atoms. The number of rotatable bonds is 5. The summed E-state index contributed by atoms with van der Waals surface area (Å²) in [7, 11) is -3.65. The van der Waals surface area contributed by atoms with Gasteiger partial charge in [-0.2, -0.15) is 9.98 Å². The minimum Gasteiger partial charge on any atom is -0.212 e. The van der Waals surface area contributed by atoms with E-state index in [0.717, 1.165) is 32.1 Å². The molecule has 114 valence electrons. The van der Waals surface area contributed by atoms with Gasteiger partial charge in [0, 0.05) is 0 Å². The van der Waals surface area contributed by atoms with Gasteiger partial charge in [0.1, 0.15) is 11.9 Å². The predicted molar refractivity (Wildman–Crippen MR) is 78.1 cm³/mol. The molecular weight excluding hydrogens is 291 g/mol. The minimum atomic E-state index is -3.65. The van der Waals surface area contributed by atoms with E-state index in [1.54, 1.807) is 6.07 Å². The van der Waals surface area contributed by atoms with Crippen LogP contribution in [0.2, 0.25) is 0 Å². The lowest BCUT2D eigenvalue weighted by atomic mass is 9.85. The van der Waals surface area contributed by atoms with Crippen molar-refractivity contribution < 1.29 is 12.8 Å². The summed E-state index contributed by atoms with van der Waals surface area (Å²) in [4.78, 5) is 0. The Labute approximate surface area is 125 Å². The molecule has 1 aromatic rings. The summed E-state index contributed by atoms with van der Waals surface area (Å²) >= 11 is 0. The van der Waals surface area contributed by atoms with Crippen molar-refractivity contribution in [1.82, 2.24) is 4.72 Å². The molecule has 1 unspecified atom stereocenters. The van der Waals surface area contributed by atoms with Gasteiger partial charge in [-0.3, -0.25) is 0 Å². The molecule has 1 aliphatic carbocycles. The van der Waals surface area contributed by atoms with Crippen LogP contribution >= 0.6 is 0 Å². The molecule has 0 spiro atoms. The SMILES string of the molecule is N#CC(NS(=O)(=O)Cc1cccc(F)c1)C1CCCCC1. The maximum Gasteiger partial charge on any atom is 0.216 e. The number of nitrogens with zero attached hydrogens (tertiary/aromatic N) is 1. The monoisotopic (exact) mass is 310 g/mol. The molecule has 1 saturated carbocycles. The van der Waals surface area contributed by atoms with Crippen molar-refractivity contribution in [1.29, 1.82) is 5.26 Å². The minimum absolute atomic E-state index is 0.0750. The van der Waals surface area contributed by atoms with Crippen LogP contribution < -0.4 is 4.72 Å². The number of halogens is 1. The third-order valence-corrected chi connectivity index (χ3v) is 5.14. The number of benzene rings is 1. The van der Waals surface area contributed by atoms with Crippen LogP contribution in [0.4, 0.5) is 4.39 Å². The molecule has 2 rings (SSSR count). The molecule has 0 radical (unpaired) electrons. The zero-order chi connectivity index (χ0) is 15.3. The number of hydrogen-bond donors (Lipinski definition) is 1. The number of sulfonamides is 1. The van der Waals surface area contributed by atoms with Gasteiger partial charge in [0.15, 0.2) is 0 Å². The Hall–Kier alpha value is -1.45. The second-order valence-corrected chi connectivity index (χ2v) is 7.27. The molecule has 1 N–H and O–H groups in total. The van der Waals surface area contributed by atoms with Gasteiger partial charge in [-0.1, -0.05) is 31.4 Å². The van der Waals surface area contributed by atoms with Gasteiger partial charge in [0.2, 0.25) is 10.0 Å². The largest absolute Gasteiger partial charge is 0.216 e. The van der Waals surface area contributed by atoms with Crippen molar-refractivity contribution in [2.75, 3.05) is 0 Å². The van der Waals surface area contributed by atoms with E-state index in [-0.39, 0.29) is 11.7 Å². The molecule has 4 nitrogen and oxygen atoms in total. The molecule has 1 atom stereocenters. The first-order chi connectivity index (χ1) is 10.00. The van der Waals surface area contributed by atoms with E-state index < -0.39 is 21.9 Å². The maximum absolute atomic E-state index is 13.1. The fraction of sp³-hybridized carbons (Fsp3) is 0.533. The van der Waals surface area contributed by atoms with E-state index in [1.807, 2.05) is 0 Å². The van der Waals surface area contributed by atoms with Gasteiger partial charge in [-0.05, 0) is 36.5 Å². The Bertz CT molecular complexity index is 619. The predicted octanol–water partition coefficient (Wildman–Crippen LogP) is 2.72. The van der Waals surface area contributed by atoms with Crippen LogP contribution in [-0.2, 0) is 15.8 Å². The van der Waals surface area contributed by atoms with Crippen LogP contribution in [0.15, 0.2) is 24.3 Å². The quantitative estimate of drug-likeness (QED) is 0.909. The highest BCUT2D eigenvalue weighted by Crippen LogP contribution is 2.26. The van der Waals surface area contributed by atoms with Crippen molar-refractivity contribution in [3.63, 3.8) is 0 Å². The smallest absolute Gasteiger partial charge is 0.212 e. The van der Waals surface area contributed by atoms with E-state index in [9.17, 15) is 18.1 Å². The van der Waals surface area contributed by atoms with Crippen LogP contribution in [0, 0.1) is 23.1 Å². The number of nitrogens with one attached hydrogen (secondary N) is 1. The van der Waals surface area contributed by atoms with Crippen LogP contribution in [0.25, 0.3) is 0 Å². The number of hydrogen-bond acceptors (Lipinski definition) is 3. The average molecular weight is 310 g/mol. The van der Waals surface area contributed by atoms with Crippen molar-refractivity contribution >= 4 is 10.0 Å². The van der Waals surface area contributed by atoms with Gasteiger partial charge < -0.3 is 0 Å². The molecule has 0 heterocycles. The first kappa shape index (κ1) is 15.9. The summed E-state index contributed by atoms with van der Waals surface area (Å²) < 4.78 is 39.8. The van der Waals surface area contributed by atoms with E-state index in [1.165, 1.54) is 18.2 Å². The third-order valence-electron chi connectivity index (χ3n) is 3.81. The Kier molecular flexibility index (Phi) is 5.32. The van der Waals surface area contributed by atoms with Crippen LogP contribution in [0.5, 0.6) is 0 Å². The Balaban J connectivity index is 2.03. The fourth-order valence-corrected chi connectivity index (χ4v) is 4.11. The van der Waals surface area contributed by atoms with Gasteiger partial charge >= 0.3 is 0 Å². The lowest BCUT2D eigenvalue weighted by Crippen LogP contribution is -2.40. The summed E-state index contributed by atoms with van der Waals surface area (Å²) in [6.45, 7) is 0. The third kappa shape index (κ3) is 4.80. The van der Waals surface area contributed by atoms with Gasteiger partial charge in [0.05, 0.1) is 11.8 Å². The summed E-state index contributed by atoms with van der Waals surface area (Å²) in [5, 5.41) is 9.21. The van der Waals surface area contributed by atoms with Crippen LogP contribution in [0.3, 0.4) is 0 Å². The van der Waals surface area contributed by atoms with E-state index in [0.29, 0.717) is 5.56 Å². The summed E-state index contributed by atoms with van der Waals surface area (Å²) in [5.74, 6) is -0.701. The Morgan fingerprint density at radius 3 is 2.67 bits per heavy atom. The Morgan fingerprint density at radius 2 is 2.05 bits per heavy atom. The molecule has 6 heteroatoms. The molecule has 0 amide bonds. The van der Waals surface area contributed by atoms with Crippen molar-refractivity contribution in [2.24, 2.45) is 5.92 Å². The van der Waals surface area contributed by atoms with Crippen molar-refractivity contribution in [2.45, 2.75) is 43.9 Å². The molecule has 0 aromatic heterocycles. The molecule has 0 aliphatic heterocycles. The lowest BCUT2D eigenvalue weighted by molar-refractivity contribution is 0.323. The second-order valence-electron chi connectivity index (χ2n) is 5.51. The molecule has 0 saturated heterocycles. The van der Waals surface area contributed by atoms with E-state index in [4.69, 9.17) is 0 Å². The Morgan fingerprint density at radius 1 is 1.33 bits per heavy atom. The average Bonchev–Trinajstić information content (AvgIpc) is 2.45. The van der Waals surface area contributed by atoms with E-state index in [2.05, 4.69) is 10.8 Å². The normalized spacial score (nSPS) is 18.1. The summed E-state index contributed by atoms with van der Waals surface area (Å²) in [5.41, 5.74) is 0.378. The fourth-order valence-electron chi connectivity index (χ4n) is 2.78. The van der Waals surface area contributed by atoms with Gasteiger partial charge in [-0.15, -0.1) is 0 Å². The highest BCUT2D eigenvalue weighted by atomic mass is 32.2. The van der Waals surface area contributed by atoms with Gasteiger partial charge in [-0.25, -0.2) is 12.8 Å². The van der Waals surface area contributed by atoms with Crippen molar-refractivity contribution in [3.05, 3.63) is 35.6 Å². The van der Waals surface area contributed by atoms with Gasteiger partial charge in [0.25, 0.3) is 0 Å².